The van der Waals surface area contributed by atoms with Crippen molar-refractivity contribution in [2.45, 2.75) is 50.6 Å². The highest BCUT2D eigenvalue weighted by atomic mass is 35.5. The van der Waals surface area contributed by atoms with Crippen LogP contribution in [0.2, 0.25) is 10.0 Å². The molecule has 204 valence electrons. The zero-order valence-corrected chi connectivity index (χ0v) is 23.6. The molecule has 2 aliphatic rings. The fourth-order valence-corrected chi connectivity index (χ4v) is 6.84. The number of amides is 3. The Bertz CT molecular complexity index is 1510. The number of thiazole rings is 1. The Labute approximate surface area is 238 Å². The van der Waals surface area contributed by atoms with Gasteiger partial charge in [-0.2, -0.15) is 0 Å². The van der Waals surface area contributed by atoms with Crippen LogP contribution in [0.1, 0.15) is 54.7 Å². The average molecular weight is 591 g/mol. The molecule has 4 atom stereocenters. The van der Waals surface area contributed by atoms with E-state index in [0.717, 1.165) is 11.3 Å². The number of nitrogens with two attached hydrogens (primary N) is 1. The second-order valence-electron chi connectivity index (χ2n) is 11.0. The third-order valence-corrected chi connectivity index (χ3v) is 8.49. The number of nitrogens with one attached hydrogen (secondary N) is 3. The minimum atomic E-state index is -1.37. The summed E-state index contributed by atoms with van der Waals surface area (Å²) >= 11 is 13.5. The molecule has 2 aliphatic heterocycles. The molecule has 1 spiro atoms. The number of aromatic nitrogens is 1. The third kappa shape index (κ3) is 4.69. The molecule has 2 aromatic carbocycles. The number of hydrogen-bond donors (Lipinski definition) is 4. The van der Waals surface area contributed by atoms with Crippen LogP contribution < -0.4 is 21.7 Å². The number of carbonyl (C=O) groups excluding carboxylic acids is 3. The fraction of sp³-hybridized carbons (Fsp3) is 0.333. The smallest absolute Gasteiger partial charge is 0.268 e. The van der Waals surface area contributed by atoms with Gasteiger partial charge in [-0.15, -0.1) is 11.3 Å². The third-order valence-electron chi connectivity index (χ3n) is 7.21. The molecule has 1 saturated heterocycles. The standard InChI is InChI=1S/C27H26Cl2FN5O3S/c1-26(2,3)10-18-27(14-8-7-12(28)9-16(14)32-24(27)38)19(13-5-4-6-15(29)20(13)30)21(34-18)23(37)35-25-33-17(11-39-25)22(31)36/h4-9,11,18-19,21,34H,10H2,1-3H3,(H2,31,36)(H,32,38)(H,33,35,37)/t18-,19-,21+,27+/m0/s1. The molecule has 8 nitrogen and oxygen atoms in total. The molecule has 0 radical (unpaired) electrons. The van der Waals surface area contributed by atoms with E-state index in [1.807, 2.05) is 20.8 Å². The molecule has 1 aromatic heterocycles. The van der Waals surface area contributed by atoms with Crippen LogP contribution in [0.4, 0.5) is 15.2 Å². The van der Waals surface area contributed by atoms with Gasteiger partial charge >= 0.3 is 0 Å². The number of rotatable bonds is 5. The minimum absolute atomic E-state index is 0.00942. The normalized spacial score (nSPS) is 24.1. The van der Waals surface area contributed by atoms with E-state index in [9.17, 15) is 14.4 Å². The summed E-state index contributed by atoms with van der Waals surface area (Å²) in [5, 5.41) is 10.9. The summed E-state index contributed by atoms with van der Waals surface area (Å²) in [6.45, 7) is 6.09. The number of nitrogens with zero attached hydrogens (tertiary/aromatic N) is 1. The Morgan fingerprint density at radius 1 is 1.23 bits per heavy atom. The topological polar surface area (TPSA) is 126 Å². The van der Waals surface area contributed by atoms with Gasteiger partial charge in [0.05, 0.1) is 11.1 Å². The number of benzene rings is 2. The first-order valence-electron chi connectivity index (χ1n) is 12.2. The van der Waals surface area contributed by atoms with Crippen molar-refractivity contribution in [3.8, 4) is 0 Å². The molecule has 0 saturated carbocycles. The Morgan fingerprint density at radius 3 is 2.64 bits per heavy atom. The molecule has 12 heteroatoms. The van der Waals surface area contributed by atoms with E-state index in [1.54, 1.807) is 30.3 Å². The average Bonchev–Trinajstić information content (AvgIpc) is 3.51. The Hall–Kier alpha value is -3.05. The van der Waals surface area contributed by atoms with Crippen molar-refractivity contribution in [2.75, 3.05) is 10.6 Å². The Balaban J connectivity index is 1.71. The Morgan fingerprint density at radius 2 is 1.97 bits per heavy atom. The molecule has 3 amide bonds. The predicted octanol–water partition coefficient (Wildman–Crippen LogP) is 5.08. The second-order valence-corrected chi connectivity index (χ2v) is 12.7. The van der Waals surface area contributed by atoms with Crippen LogP contribution in [0.5, 0.6) is 0 Å². The molecule has 0 aliphatic carbocycles. The molecule has 3 heterocycles. The van der Waals surface area contributed by atoms with Crippen LogP contribution in [0.25, 0.3) is 0 Å². The van der Waals surface area contributed by atoms with E-state index in [1.165, 1.54) is 11.4 Å². The Kier molecular flexibility index (Phi) is 6.95. The van der Waals surface area contributed by atoms with Crippen molar-refractivity contribution < 1.29 is 18.8 Å². The van der Waals surface area contributed by atoms with Gasteiger partial charge in [0.25, 0.3) is 5.91 Å². The number of hydrogen-bond acceptors (Lipinski definition) is 6. The van der Waals surface area contributed by atoms with Gasteiger partial charge in [0.2, 0.25) is 11.8 Å². The van der Waals surface area contributed by atoms with E-state index in [2.05, 4.69) is 20.9 Å². The van der Waals surface area contributed by atoms with Crippen molar-refractivity contribution >= 4 is 63.1 Å². The van der Waals surface area contributed by atoms with Gasteiger partial charge in [0.1, 0.15) is 16.9 Å². The molecule has 5 rings (SSSR count). The molecular weight excluding hydrogens is 564 g/mol. The SMILES string of the molecule is CC(C)(C)C[C@@H]1N[C@@H](C(=O)Nc2nc(C(N)=O)cs2)[C@H](c2cccc(Cl)c2F)[C@]12C(=O)Nc1cc(Cl)ccc12. The number of halogens is 3. The lowest BCUT2D eigenvalue weighted by molar-refractivity contribution is -0.122. The van der Waals surface area contributed by atoms with Crippen LogP contribution in [-0.4, -0.2) is 34.8 Å². The lowest BCUT2D eigenvalue weighted by atomic mass is 9.62. The number of anilines is 2. The van der Waals surface area contributed by atoms with E-state index >= 15 is 4.39 Å². The van der Waals surface area contributed by atoms with Crippen molar-refractivity contribution in [1.29, 1.82) is 0 Å². The van der Waals surface area contributed by atoms with Gasteiger partial charge < -0.3 is 21.7 Å². The monoisotopic (exact) mass is 589 g/mol. The van der Waals surface area contributed by atoms with Gasteiger partial charge in [-0.05, 0) is 41.2 Å². The van der Waals surface area contributed by atoms with Crippen LogP contribution in [0.3, 0.4) is 0 Å². The summed E-state index contributed by atoms with van der Waals surface area (Å²) in [6.07, 6.45) is 0.480. The summed E-state index contributed by atoms with van der Waals surface area (Å²) in [5.41, 5.74) is 4.92. The zero-order valence-electron chi connectivity index (χ0n) is 21.3. The highest BCUT2D eigenvalue weighted by molar-refractivity contribution is 7.14. The van der Waals surface area contributed by atoms with Gasteiger partial charge in [0, 0.05) is 28.0 Å². The van der Waals surface area contributed by atoms with Crippen molar-refractivity contribution in [3.63, 3.8) is 0 Å². The maximum atomic E-state index is 15.8. The molecule has 0 bridgehead atoms. The molecule has 0 unspecified atom stereocenters. The first kappa shape index (κ1) is 27.5. The van der Waals surface area contributed by atoms with E-state index in [4.69, 9.17) is 28.9 Å². The summed E-state index contributed by atoms with van der Waals surface area (Å²) in [7, 11) is 0. The maximum Gasteiger partial charge on any atom is 0.268 e. The van der Waals surface area contributed by atoms with Gasteiger partial charge in [0.15, 0.2) is 5.13 Å². The first-order chi connectivity index (χ1) is 18.3. The van der Waals surface area contributed by atoms with Gasteiger partial charge in [-0.3, -0.25) is 14.4 Å². The van der Waals surface area contributed by atoms with Crippen molar-refractivity contribution in [3.05, 3.63) is 74.5 Å². The van der Waals surface area contributed by atoms with Crippen molar-refractivity contribution in [2.24, 2.45) is 11.1 Å². The molecule has 1 fully saturated rings. The molecular formula is C27H26Cl2FN5O3S. The van der Waals surface area contributed by atoms with E-state index in [0.29, 0.717) is 22.7 Å². The molecule has 39 heavy (non-hydrogen) atoms. The number of carbonyl (C=O) groups is 3. The van der Waals surface area contributed by atoms with E-state index in [-0.39, 0.29) is 32.7 Å². The lowest BCUT2D eigenvalue weighted by Gasteiger charge is -2.37. The van der Waals surface area contributed by atoms with Crippen molar-refractivity contribution in [1.82, 2.24) is 10.3 Å². The summed E-state index contributed by atoms with van der Waals surface area (Å²) in [5.74, 6) is -3.35. The minimum Gasteiger partial charge on any atom is -0.364 e. The van der Waals surface area contributed by atoms with Gasteiger partial charge in [-0.25, -0.2) is 9.37 Å². The maximum absolute atomic E-state index is 15.8. The van der Waals surface area contributed by atoms with Crippen LogP contribution >= 0.6 is 34.5 Å². The molecule has 5 N–H and O–H groups in total. The summed E-state index contributed by atoms with van der Waals surface area (Å²) in [4.78, 5) is 43.6. The highest BCUT2D eigenvalue weighted by Gasteiger charge is 2.66. The number of primary amides is 1. The van der Waals surface area contributed by atoms with Crippen LogP contribution in [0.15, 0.2) is 41.8 Å². The van der Waals surface area contributed by atoms with E-state index < -0.39 is 41.0 Å². The second kappa shape index (κ2) is 9.85. The van der Waals surface area contributed by atoms with Gasteiger partial charge in [-0.1, -0.05) is 62.2 Å². The lowest BCUT2D eigenvalue weighted by Crippen LogP contribution is -2.49. The first-order valence-corrected chi connectivity index (χ1v) is 13.8. The van der Waals surface area contributed by atoms with Crippen LogP contribution in [-0.2, 0) is 15.0 Å². The summed E-state index contributed by atoms with van der Waals surface area (Å²) in [6, 6.07) is 7.99. The highest BCUT2D eigenvalue weighted by Crippen LogP contribution is 2.57. The van der Waals surface area contributed by atoms with Crippen LogP contribution in [0, 0.1) is 11.2 Å². The largest absolute Gasteiger partial charge is 0.364 e. The quantitative estimate of drug-likeness (QED) is 0.330. The summed E-state index contributed by atoms with van der Waals surface area (Å²) < 4.78 is 15.8. The predicted molar refractivity (Wildman–Crippen MR) is 150 cm³/mol. The fourth-order valence-electron chi connectivity index (χ4n) is 5.78. The number of fused-ring (bicyclic) bond motifs is 2. The molecule has 3 aromatic rings. The zero-order chi connectivity index (χ0) is 28.3.